The molecule has 6 aliphatic carbocycles. The lowest BCUT2D eigenvalue weighted by atomic mass is 9.33. The molecule has 3 N–H and O–H groups in total. The summed E-state index contributed by atoms with van der Waals surface area (Å²) in [6.45, 7) is 20.7. The van der Waals surface area contributed by atoms with Crippen molar-refractivity contribution in [2.24, 2.45) is 50.7 Å². The molecule has 2 saturated heterocycles. The van der Waals surface area contributed by atoms with Crippen LogP contribution in [0.25, 0.3) is 11.0 Å². The molecule has 8 heteroatoms. The fraction of sp³-hybridized carbons (Fsp3) is 0.746. The maximum Gasteiger partial charge on any atom is 0.160 e. The minimum Gasteiger partial charge on any atom is -0.392 e. The number of nitrogens with one attached hydrogen (secondary N) is 1. The van der Waals surface area contributed by atoms with E-state index in [9.17, 15) is 15.0 Å². The van der Waals surface area contributed by atoms with Crippen LogP contribution in [-0.2, 0) is 44.9 Å². The van der Waals surface area contributed by atoms with Gasteiger partial charge in [0, 0.05) is 78.8 Å². The summed E-state index contributed by atoms with van der Waals surface area (Å²) in [5.41, 5.74) is 10.4. The predicted octanol–water partition coefficient (Wildman–Crippen LogP) is 12.8. The Morgan fingerprint density at radius 1 is 0.831 bits per heavy atom. The van der Waals surface area contributed by atoms with Crippen LogP contribution >= 0.6 is 0 Å². The summed E-state index contributed by atoms with van der Waals surface area (Å²) in [6.07, 6.45) is 21.2. The van der Waals surface area contributed by atoms with E-state index in [0.29, 0.717) is 49.3 Å². The molecule has 8 nitrogen and oxygen atoms in total. The van der Waals surface area contributed by atoms with Crippen molar-refractivity contribution in [3.05, 3.63) is 69.1 Å². The molecule has 2 aromatic heterocycles. The first kappa shape index (κ1) is 48.9. The Bertz CT molecular complexity index is 2600. The van der Waals surface area contributed by atoms with Crippen molar-refractivity contribution in [1.29, 1.82) is 0 Å². The zero-order valence-electron chi connectivity index (χ0n) is 45.0. The molecular formula is C63H88N2O6. The Labute approximate surface area is 425 Å². The van der Waals surface area contributed by atoms with Gasteiger partial charge in [0.15, 0.2) is 5.78 Å². The van der Waals surface area contributed by atoms with Crippen LogP contribution in [0.4, 0.5) is 0 Å². The highest BCUT2D eigenvalue weighted by molar-refractivity contribution is 6.02. The van der Waals surface area contributed by atoms with Gasteiger partial charge in [-0.1, -0.05) is 91.8 Å². The molecular weight excluding hydrogens is 881 g/mol. The average molecular weight is 969 g/mol. The third-order valence-electron chi connectivity index (χ3n) is 23.3. The monoisotopic (exact) mass is 969 g/mol. The van der Waals surface area contributed by atoms with Gasteiger partial charge in [-0.3, -0.25) is 9.59 Å². The van der Waals surface area contributed by atoms with E-state index in [1.54, 1.807) is 0 Å². The van der Waals surface area contributed by atoms with Crippen molar-refractivity contribution >= 4 is 22.6 Å². The summed E-state index contributed by atoms with van der Waals surface area (Å²) in [4.78, 5) is 34.1. The minimum absolute atomic E-state index is 0.0821. The summed E-state index contributed by atoms with van der Waals surface area (Å²) in [6, 6.07) is 7.67. The zero-order valence-corrected chi connectivity index (χ0v) is 45.0. The number of aliphatic hydroxyl groups excluding tert-OH is 2. The van der Waals surface area contributed by atoms with Crippen molar-refractivity contribution in [3.63, 3.8) is 0 Å². The van der Waals surface area contributed by atoms with E-state index in [1.807, 2.05) is 0 Å². The number of aryl methyl sites for hydroxylation is 1. The van der Waals surface area contributed by atoms with E-state index >= 15 is 4.79 Å². The Morgan fingerprint density at radius 3 is 2.18 bits per heavy atom. The Kier molecular flexibility index (Phi) is 11.9. The van der Waals surface area contributed by atoms with Gasteiger partial charge in [0.2, 0.25) is 0 Å². The smallest absolute Gasteiger partial charge is 0.160 e. The average Bonchev–Trinajstić information content (AvgIpc) is 3.88. The van der Waals surface area contributed by atoms with Gasteiger partial charge in [-0.15, -0.1) is 0 Å². The summed E-state index contributed by atoms with van der Waals surface area (Å²) in [5, 5.41) is 26.2. The zero-order chi connectivity index (χ0) is 49.6. The fourth-order valence-electron chi connectivity index (χ4n) is 19.5. The number of allylic oxidation sites excluding steroid dienone is 1. The van der Waals surface area contributed by atoms with E-state index < -0.39 is 34.1 Å². The Balaban J connectivity index is 1.02. The largest absolute Gasteiger partial charge is 0.392 e. The molecule has 7 fully saturated rings. The number of nitrogens with zero attached hydrogens (tertiary/aromatic N) is 1. The lowest BCUT2D eigenvalue weighted by molar-refractivity contribution is -0.227. The summed E-state index contributed by atoms with van der Waals surface area (Å²) >= 11 is 0. The molecule has 5 heterocycles. The maximum atomic E-state index is 15.6. The number of hydrogen-bond acceptors (Lipinski definition) is 6. The van der Waals surface area contributed by atoms with Crippen molar-refractivity contribution in [2.75, 3.05) is 13.2 Å². The Morgan fingerprint density at radius 2 is 1.51 bits per heavy atom. The normalized spacial score (nSPS) is 39.2. The van der Waals surface area contributed by atoms with Crippen molar-refractivity contribution in [3.8, 4) is 0 Å². The lowest BCUT2D eigenvalue weighted by Gasteiger charge is -2.70. The van der Waals surface area contributed by atoms with Gasteiger partial charge in [0.05, 0.1) is 28.8 Å². The Hall–Kier alpha value is -3.04. The number of fused-ring (bicyclic) bond motifs is 4. The van der Waals surface area contributed by atoms with Crippen LogP contribution in [0.3, 0.4) is 0 Å². The highest BCUT2D eigenvalue weighted by Crippen LogP contribution is 2.76. The van der Waals surface area contributed by atoms with E-state index in [1.165, 1.54) is 95.1 Å². The number of aromatic amines is 1. The van der Waals surface area contributed by atoms with E-state index in [0.717, 1.165) is 89.4 Å². The minimum atomic E-state index is -0.716. The van der Waals surface area contributed by atoms with E-state index in [-0.39, 0.29) is 40.5 Å². The number of H-pyrrole nitrogens is 1. The van der Waals surface area contributed by atoms with Gasteiger partial charge in [0.25, 0.3) is 0 Å². The number of rotatable bonds is 9. The first-order valence-electron chi connectivity index (χ1n) is 29.1. The molecule has 11 unspecified atom stereocenters. The molecule has 5 saturated carbocycles. The molecule has 12 rings (SSSR count). The third-order valence-corrected chi connectivity index (χ3v) is 23.3. The van der Waals surface area contributed by atoms with Gasteiger partial charge in [-0.25, -0.2) is 0 Å². The number of hydrogen-bond donors (Lipinski definition) is 3. The van der Waals surface area contributed by atoms with Gasteiger partial charge >= 0.3 is 0 Å². The highest BCUT2D eigenvalue weighted by atomic mass is 16.6. The predicted molar refractivity (Wildman–Crippen MR) is 281 cm³/mol. The molecule has 0 amide bonds. The standard InChI is InChI=1S/C63H88N2O6/c1-9-46-44(31-37-29-41(38-15-11-10-12-16-38)32-42(30-37)39-22-27-70-28-23-39)53-54-40(35-64-53)19-24-59(4,33-48(67)57-58(2,3)71-57)52-47(66)34-62(7)51(52)45(36-65(46)54)55(69)56-60(5)25-21-50(68)63(8,43-17-13-14-18-43)49(60)20-26-61(56,62)6/h29-30,32,35,38-39,43,45,48-49,55-57,64,67,69H,9-28,31,33-34,36H2,1-8H3. The van der Waals surface area contributed by atoms with Crippen LogP contribution in [0.15, 0.2) is 35.5 Å². The molecule has 1 aromatic carbocycles. The molecule has 71 heavy (non-hydrogen) atoms. The molecule has 0 radical (unpaired) electrons. The maximum absolute atomic E-state index is 15.6. The molecule has 3 aromatic rings. The lowest BCUT2D eigenvalue weighted by Crippen LogP contribution is -2.68. The number of Topliss-reactive ketones (excluding diaryl/α,β-unsaturated/α-hetero) is 2. The van der Waals surface area contributed by atoms with Crippen LogP contribution in [0.2, 0.25) is 0 Å². The SMILES string of the molecule is CCc1c(Cc2cc(C3CCCCC3)cc(C3CCOCC3)c2)c2[nH]cc3c2n1CC1C2=C(C(=O)CC2(C)C2(C)CCC4C(C)(CCC(=O)C4(C)C4CCCC4)C2C1O)C(C)(CC(O)C1OC1(C)C)CC3. The fourth-order valence-corrected chi connectivity index (χ4v) is 19.5. The van der Waals surface area contributed by atoms with Gasteiger partial charge in [0.1, 0.15) is 11.9 Å². The number of epoxide rings is 1. The van der Waals surface area contributed by atoms with Crippen LogP contribution < -0.4 is 0 Å². The summed E-state index contributed by atoms with van der Waals surface area (Å²) in [5.74, 6) is 2.03. The molecule has 9 aliphatic rings. The summed E-state index contributed by atoms with van der Waals surface area (Å²) in [7, 11) is 0. The van der Waals surface area contributed by atoms with Gasteiger partial charge in [-0.2, -0.15) is 0 Å². The highest BCUT2D eigenvalue weighted by Gasteiger charge is 2.73. The van der Waals surface area contributed by atoms with Crippen LogP contribution in [0, 0.1) is 50.7 Å². The quantitative estimate of drug-likeness (QED) is 0.184. The van der Waals surface area contributed by atoms with Crippen molar-refractivity contribution in [1.82, 2.24) is 9.55 Å². The van der Waals surface area contributed by atoms with Crippen molar-refractivity contribution in [2.45, 2.75) is 233 Å². The number of aromatic nitrogens is 2. The number of aliphatic hydroxyl groups is 2. The number of carbonyl (C=O) groups is 2. The number of ether oxygens (including phenoxy) is 2. The first-order chi connectivity index (χ1) is 33.9. The second kappa shape index (κ2) is 17.2. The second-order valence-electron chi connectivity index (χ2n) is 27.3. The second-order valence-corrected chi connectivity index (χ2v) is 27.3. The molecule has 11 atom stereocenters. The van der Waals surface area contributed by atoms with Gasteiger partial charge in [-0.05, 0) is 171 Å². The topological polar surface area (TPSA) is 117 Å². The third kappa shape index (κ3) is 7.28. The van der Waals surface area contributed by atoms with E-state index in [2.05, 4.69) is 89.3 Å². The molecule has 3 aliphatic heterocycles. The van der Waals surface area contributed by atoms with Crippen LogP contribution in [0.5, 0.6) is 0 Å². The first-order valence-corrected chi connectivity index (χ1v) is 29.1. The van der Waals surface area contributed by atoms with Crippen molar-refractivity contribution < 1.29 is 29.3 Å². The molecule has 0 spiro atoms. The number of carbonyl (C=O) groups excluding carboxylic acids is 2. The van der Waals surface area contributed by atoms with Gasteiger partial charge < -0.3 is 29.2 Å². The number of ketones is 2. The van der Waals surface area contributed by atoms with E-state index in [4.69, 9.17) is 9.47 Å². The molecule has 386 valence electrons. The van der Waals surface area contributed by atoms with Crippen LogP contribution in [0.1, 0.15) is 216 Å². The number of benzene rings is 1. The molecule has 0 bridgehead atoms. The summed E-state index contributed by atoms with van der Waals surface area (Å²) < 4.78 is 14.6. The van der Waals surface area contributed by atoms with Crippen LogP contribution in [-0.4, -0.2) is 68.5 Å².